The summed E-state index contributed by atoms with van der Waals surface area (Å²) in [6.45, 7) is 6.65. The highest BCUT2D eigenvalue weighted by molar-refractivity contribution is 5.84. The highest BCUT2D eigenvalue weighted by Gasteiger charge is 2.29. The fourth-order valence-electron chi connectivity index (χ4n) is 2.68. The molecule has 0 amide bonds. The lowest BCUT2D eigenvalue weighted by atomic mass is 9.78. The average molecular weight is 260 g/mol. The third kappa shape index (κ3) is 2.11. The van der Waals surface area contributed by atoms with Crippen LogP contribution in [0, 0.1) is 5.41 Å². The largest absolute Gasteiger partial charge is 0.368 e. The van der Waals surface area contributed by atoms with Gasteiger partial charge in [-0.05, 0) is 18.3 Å². The Morgan fingerprint density at radius 3 is 2.79 bits per heavy atom. The van der Waals surface area contributed by atoms with E-state index in [1.165, 1.54) is 19.3 Å². The lowest BCUT2D eigenvalue weighted by molar-refractivity contribution is 0.238. The topological polar surface area (TPSA) is 83.7 Å². The summed E-state index contributed by atoms with van der Waals surface area (Å²) in [7, 11) is 0. The van der Waals surface area contributed by atoms with Gasteiger partial charge in [0.25, 0.3) is 0 Å². The number of fused-ring (bicyclic) bond motifs is 1. The molecule has 1 aliphatic rings. The van der Waals surface area contributed by atoms with Crippen molar-refractivity contribution in [1.82, 2.24) is 19.9 Å². The van der Waals surface area contributed by atoms with Gasteiger partial charge in [0, 0.05) is 13.1 Å². The molecule has 6 nitrogen and oxygen atoms in total. The smallest absolute Gasteiger partial charge is 0.224 e. The number of nitrogens with one attached hydrogen (secondary N) is 1. The minimum absolute atomic E-state index is 0.290. The van der Waals surface area contributed by atoms with E-state index in [2.05, 4.69) is 38.7 Å². The summed E-state index contributed by atoms with van der Waals surface area (Å²) in [5.74, 6) is 1.18. The molecule has 0 aliphatic carbocycles. The molecular formula is C13H20N6. The van der Waals surface area contributed by atoms with Crippen molar-refractivity contribution >= 4 is 22.9 Å². The predicted molar refractivity (Wildman–Crippen MR) is 75.9 cm³/mol. The zero-order valence-corrected chi connectivity index (χ0v) is 11.5. The van der Waals surface area contributed by atoms with E-state index in [0.717, 1.165) is 24.4 Å². The number of piperidine rings is 1. The van der Waals surface area contributed by atoms with Crippen molar-refractivity contribution in [2.75, 3.05) is 23.7 Å². The lowest BCUT2D eigenvalue weighted by Crippen LogP contribution is -2.39. The number of nitrogens with two attached hydrogens (primary N) is 1. The second-order valence-electron chi connectivity index (χ2n) is 5.66. The number of H-pyrrole nitrogens is 1. The van der Waals surface area contributed by atoms with E-state index in [0.29, 0.717) is 17.0 Å². The Hall–Kier alpha value is -1.85. The molecule has 2 aromatic rings. The quantitative estimate of drug-likeness (QED) is 0.862. The van der Waals surface area contributed by atoms with Crippen molar-refractivity contribution in [1.29, 1.82) is 0 Å². The van der Waals surface area contributed by atoms with Gasteiger partial charge in [-0.15, -0.1) is 0 Å². The van der Waals surface area contributed by atoms with Crippen LogP contribution in [0.4, 0.5) is 11.8 Å². The molecule has 0 saturated carbocycles. The Kier molecular flexibility index (Phi) is 2.80. The monoisotopic (exact) mass is 260 g/mol. The molecule has 6 heteroatoms. The van der Waals surface area contributed by atoms with Crippen LogP contribution in [-0.2, 0) is 0 Å². The number of aromatic nitrogens is 4. The number of imidazole rings is 1. The Morgan fingerprint density at radius 1 is 1.37 bits per heavy atom. The van der Waals surface area contributed by atoms with Gasteiger partial charge >= 0.3 is 0 Å². The number of hydrogen-bond acceptors (Lipinski definition) is 5. The van der Waals surface area contributed by atoms with Crippen molar-refractivity contribution in [3.63, 3.8) is 0 Å². The van der Waals surface area contributed by atoms with Crippen LogP contribution in [-0.4, -0.2) is 33.0 Å². The molecule has 1 aliphatic heterocycles. The first kappa shape index (κ1) is 12.2. The number of aromatic amines is 1. The van der Waals surface area contributed by atoms with Crippen LogP contribution in [0.5, 0.6) is 0 Å². The number of nitrogen functional groups attached to an aromatic ring is 1. The molecule has 3 heterocycles. The van der Waals surface area contributed by atoms with Gasteiger partial charge in [-0.2, -0.15) is 9.97 Å². The zero-order valence-electron chi connectivity index (χ0n) is 11.5. The van der Waals surface area contributed by atoms with E-state index in [1.807, 2.05) is 0 Å². The van der Waals surface area contributed by atoms with E-state index in [4.69, 9.17) is 5.73 Å². The number of rotatable bonds is 2. The summed E-state index contributed by atoms with van der Waals surface area (Å²) in [4.78, 5) is 18.1. The van der Waals surface area contributed by atoms with Crippen LogP contribution < -0.4 is 10.6 Å². The normalized spacial score (nSPS) is 18.9. The van der Waals surface area contributed by atoms with E-state index in [9.17, 15) is 0 Å². The van der Waals surface area contributed by atoms with Gasteiger partial charge in [0.1, 0.15) is 5.52 Å². The van der Waals surface area contributed by atoms with Gasteiger partial charge in [-0.25, -0.2) is 4.98 Å². The number of hydrogen-bond donors (Lipinski definition) is 2. The highest BCUT2D eigenvalue weighted by Crippen LogP contribution is 2.36. The first-order chi connectivity index (χ1) is 9.11. The molecule has 0 spiro atoms. The minimum atomic E-state index is 0.290. The van der Waals surface area contributed by atoms with Gasteiger partial charge in [0.15, 0.2) is 11.5 Å². The van der Waals surface area contributed by atoms with Crippen molar-refractivity contribution in [2.45, 2.75) is 33.1 Å². The molecule has 1 saturated heterocycles. The van der Waals surface area contributed by atoms with E-state index >= 15 is 0 Å². The van der Waals surface area contributed by atoms with Crippen LogP contribution in [0.1, 0.15) is 33.1 Å². The summed E-state index contributed by atoms with van der Waals surface area (Å²) >= 11 is 0. The maximum Gasteiger partial charge on any atom is 0.224 e. The zero-order chi connectivity index (χ0) is 13.5. The fraction of sp³-hybridized carbons (Fsp3) is 0.615. The molecule has 0 atom stereocenters. The minimum Gasteiger partial charge on any atom is -0.368 e. The number of anilines is 2. The SMILES string of the molecule is CCC1(C)CCN(c2nc(N)nc3nc[nH]c23)CC1. The van der Waals surface area contributed by atoms with Crippen LogP contribution in [0.15, 0.2) is 6.33 Å². The fourth-order valence-corrected chi connectivity index (χ4v) is 2.68. The molecule has 0 unspecified atom stereocenters. The van der Waals surface area contributed by atoms with Crippen molar-refractivity contribution in [2.24, 2.45) is 5.41 Å². The Balaban J connectivity index is 1.91. The van der Waals surface area contributed by atoms with Gasteiger partial charge in [0.05, 0.1) is 6.33 Å². The molecule has 2 aromatic heterocycles. The van der Waals surface area contributed by atoms with Crippen molar-refractivity contribution < 1.29 is 0 Å². The van der Waals surface area contributed by atoms with Gasteiger partial charge in [0.2, 0.25) is 5.95 Å². The second-order valence-corrected chi connectivity index (χ2v) is 5.66. The van der Waals surface area contributed by atoms with Crippen LogP contribution in [0.3, 0.4) is 0 Å². The number of nitrogens with zero attached hydrogens (tertiary/aromatic N) is 4. The molecule has 3 N–H and O–H groups in total. The van der Waals surface area contributed by atoms with Crippen molar-refractivity contribution in [3.8, 4) is 0 Å². The molecule has 19 heavy (non-hydrogen) atoms. The summed E-state index contributed by atoms with van der Waals surface area (Å²) < 4.78 is 0. The lowest BCUT2D eigenvalue weighted by Gasteiger charge is -2.39. The molecule has 0 radical (unpaired) electrons. The van der Waals surface area contributed by atoms with Gasteiger partial charge in [-0.1, -0.05) is 20.3 Å². The molecule has 1 fully saturated rings. The Bertz CT molecular complexity index is 582. The summed E-state index contributed by atoms with van der Waals surface area (Å²) in [6, 6.07) is 0. The van der Waals surface area contributed by atoms with Crippen LogP contribution in [0.25, 0.3) is 11.2 Å². The maximum absolute atomic E-state index is 5.77. The second kappa shape index (κ2) is 4.36. The summed E-state index contributed by atoms with van der Waals surface area (Å²) in [5, 5.41) is 0. The Morgan fingerprint density at radius 2 is 2.11 bits per heavy atom. The first-order valence-electron chi connectivity index (χ1n) is 6.83. The van der Waals surface area contributed by atoms with E-state index < -0.39 is 0 Å². The standard InChI is InChI=1S/C13H20N6/c1-3-13(2)4-6-19(7-5-13)11-9-10(16-8-15-9)17-12(14)18-11/h8H,3-7H2,1-2H3,(H3,14,15,16,17,18). The molecule has 3 rings (SSSR count). The van der Waals surface area contributed by atoms with Crippen molar-refractivity contribution in [3.05, 3.63) is 6.33 Å². The molecule has 0 aromatic carbocycles. The van der Waals surface area contributed by atoms with E-state index in [-0.39, 0.29) is 0 Å². The molecule has 102 valence electrons. The maximum atomic E-state index is 5.77. The molecule has 0 bridgehead atoms. The highest BCUT2D eigenvalue weighted by atomic mass is 15.2. The summed E-state index contributed by atoms with van der Waals surface area (Å²) in [6.07, 6.45) is 5.24. The van der Waals surface area contributed by atoms with E-state index in [1.54, 1.807) is 6.33 Å². The van der Waals surface area contributed by atoms with Crippen LogP contribution >= 0.6 is 0 Å². The average Bonchev–Trinajstić information content (AvgIpc) is 2.87. The summed E-state index contributed by atoms with van der Waals surface area (Å²) in [5.41, 5.74) is 7.76. The molecular weight excluding hydrogens is 240 g/mol. The Labute approximate surface area is 112 Å². The van der Waals surface area contributed by atoms with Gasteiger partial charge < -0.3 is 15.6 Å². The third-order valence-electron chi connectivity index (χ3n) is 4.41. The van der Waals surface area contributed by atoms with Gasteiger partial charge in [-0.3, -0.25) is 0 Å². The van der Waals surface area contributed by atoms with Crippen LogP contribution in [0.2, 0.25) is 0 Å². The first-order valence-corrected chi connectivity index (χ1v) is 6.83. The predicted octanol–water partition coefficient (Wildman–Crippen LogP) is 1.95. The third-order valence-corrected chi connectivity index (χ3v) is 4.41.